The third-order valence-electron chi connectivity index (χ3n) is 0. The van der Waals surface area contributed by atoms with Crippen LogP contribution in [0.3, 0.4) is 0 Å². The molecule has 0 saturated heterocycles. The normalized spacial score (nSPS) is 1.78. The SMILES string of the molecule is O=N[O-].[C-]#N.[C-]#N.[Fe+2].[K+]. The molecule has 0 aromatic rings. The zero-order valence-corrected chi connectivity index (χ0v) is 8.74. The van der Waals surface area contributed by atoms with Gasteiger partial charge in [-0.15, -0.1) is 5.34 Å². The summed E-state index contributed by atoms with van der Waals surface area (Å²) >= 11 is 0. The number of nitrogens with zero attached hydrogens (tertiary/aromatic N) is 3. The first-order valence-electron chi connectivity index (χ1n) is 0.812. The quantitative estimate of drug-likeness (QED) is 0.183. The predicted octanol–water partition coefficient (Wildman–Crippen LogP) is -2.56. The van der Waals surface area contributed by atoms with Crippen molar-refractivity contribution in [2.45, 2.75) is 0 Å². The van der Waals surface area contributed by atoms with Gasteiger partial charge in [0.05, 0.1) is 0 Å². The molecule has 0 bridgehead atoms. The van der Waals surface area contributed by atoms with E-state index in [1.807, 2.05) is 0 Å². The first kappa shape index (κ1) is 33.8. The van der Waals surface area contributed by atoms with Crippen LogP contribution in [-0.4, -0.2) is 0 Å². The Labute approximate surface area is 106 Å². The van der Waals surface area contributed by atoms with Gasteiger partial charge in [0.1, 0.15) is 0 Å². The maximum Gasteiger partial charge on any atom is 2.00 e. The van der Waals surface area contributed by atoms with Gasteiger partial charge in [0.2, 0.25) is 0 Å². The first-order valence-corrected chi connectivity index (χ1v) is 0.812. The summed E-state index contributed by atoms with van der Waals surface area (Å²) in [5.41, 5.74) is 0. The number of hydrogen-bond donors (Lipinski definition) is 0. The minimum absolute atomic E-state index is 0. The van der Waals surface area contributed by atoms with E-state index in [2.05, 4.69) is 0 Å². The van der Waals surface area contributed by atoms with Crippen LogP contribution in [0, 0.1) is 33.8 Å². The fraction of sp³-hybridized carbons (Fsp3) is 0. The van der Waals surface area contributed by atoms with Crippen LogP contribution in [-0.2, 0) is 17.1 Å². The maximum atomic E-state index is 8.00. The first-order chi connectivity index (χ1) is 3.41. The molecule has 0 radical (unpaired) electrons. The average Bonchev–Trinajstić information content (AvgIpc) is 1.78. The fourth-order valence-electron chi connectivity index (χ4n) is 0. The second-order valence-corrected chi connectivity index (χ2v) is 0.0745. The van der Waals surface area contributed by atoms with E-state index in [1.54, 1.807) is 0 Å². The van der Waals surface area contributed by atoms with Crippen molar-refractivity contribution in [3.8, 4) is 0 Å². The average molecular weight is 193 g/mol. The summed E-state index contributed by atoms with van der Waals surface area (Å²) in [7, 11) is 0. The van der Waals surface area contributed by atoms with Gasteiger partial charge >= 0.3 is 68.5 Å². The molecule has 0 aliphatic carbocycles. The molecule has 0 aromatic heterocycles. The van der Waals surface area contributed by atoms with Crippen LogP contribution in [0.2, 0.25) is 0 Å². The molecule has 0 rings (SSSR count). The monoisotopic (exact) mass is 193 g/mol. The minimum Gasteiger partial charge on any atom is -0.512 e. The molecule has 0 heterocycles. The van der Waals surface area contributed by atoms with Crippen molar-refractivity contribution in [3.05, 3.63) is 23.3 Å². The van der Waals surface area contributed by atoms with Gasteiger partial charge in [0.15, 0.2) is 0 Å². The van der Waals surface area contributed by atoms with Crippen molar-refractivity contribution < 1.29 is 68.5 Å². The summed E-state index contributed by atoms with van der Waals surface area (Å²) in [4.78, 5) is 8.00. The number of rotatable bonds is 0. The smallest absolute Gasteiger partial charge is 0.512 e. The molecular weight excluding hydrogens is 193 g/mol. The summed E-state index contributed by atoms with van der Waals surface area (Å²) in [5.74, 6) is 0. The molecule has 0 N–H and O–H groups in total. The zero-order chi connectivity index (χ0) is 6.71. The van der Waals surface area contributed by atoms with Crippen molar-refractivity contribution in [2.24, 2.45) is 5.34 Å². The molecule has 0 aromatic carbocycles. The van der Waals surface area contributed by atoms with E-state index in [0.717, 1.165) is 5.34 Å². The topological polar surface area (TPSA) is 100 Å². The standard InChI is InChI=1S/2CN.Fe.K.HNO2/c2*1-2;;;2-1-3/h;;;;(H,2,3)/q2*-1;+2;+1;/p-1. The van der Waals surface area contributed by atoms with Crippen LogP contribution in [0.5, 0.6) is 0 Å². The maximum absolute atomic E-state index is 8.00. The van der Waals surface area contributed by atoms with E-state index < -0.39 is 0 Å². The summed E-state index contributed by atoms with van der Waals surface area (Å²) in [6.45, 7) is 9.50. The molecule has 0 unspecified atom stereocenters. The van der Waals surface area contributed by atoms with E-state index >= 15 is 0 Å². The van der Waals surface area contributed by atoms with E-state index in [4.69, 9.17) is 33.8 Å². The van der Waals surface area contributed by atoms with Gasteiger partial charge in [0.25, 0.3) is 0 Å². The molecule has 0 atom stereocenters. The van der Waals surface area contributed by atoms with E-state index in [9.17, 15) is 0 Å². The molecule has 0 aliphatic heterocycles. The van der Waals surface area contributed by atoms with Crippen LogP contribution in [0.1, 0.15) is 0 Å². The Morgan fingerprint density at radius 2 is 1.22 bits per heavy atom. The zero-order valence-electron chi connectivity index (χ0n) is 4.51. The van der Waals surface area contributed by atoms with Crippen molar-refractivity contribution >= 4 is 0 Å². The minimum atomic E-state index is 0. The molecule has 0 fully saturated rings. The van der Waals surface area contributed by atoms with Gasteiger partial charge in [-0.05, 0) is 0 Å². The van der Waals surface area contributed by atoms with Crippen molar-refractivity contribution in [1.82, 2.24) is 0 Å². The number of hydrogen-bond acceptors (Lipinski definition) is 5. The van der Waals surface area contributed by atoms with Crippen molar-refractivity contribution in [3.63, 3.8) is 0 Å². The Hall–Kier alpha value is 0.536. The van der Waals surface area contributed by atoms with Gasteiger partial charge in [-0.25, -0.2) is 0 Å². The molecule has 0 aliphatic rings. The molecule has 0 spiro atoms. The summed E-state index contributed by atoms with van der Waals surface area (Å²) in [5, 5.41) is 21.5. The van der Waals surface area contributed by atoms with Gasteiger partial charge < -0.3 is 33.8 Å². The summed E-state index contributed by atoms with van der Waals surface area (Å²) in [6.07, 6.45) is 0. The summed E-state index contributed by atoms with van der Waals surface area (Å²) < 4.78 is 0. The predicted molar refractivity (Wildman–Crippen MR) is 19.1 cm³/mol. The third kappa shape index (κ3) is 1270. The van der Waals surface area contributed by atoms with Crippen LogP contribution in [0.25, 0.3) is 0 Å². The molecule has 7 heteroatoms. The van der Waals surface area contributed by atoms with Crippen LogP contribution in [0.4, 0.5) is 0 Å². The Morgan fingerprint density at radius 1 is 1.22 bits per heavy atom. The molecule has 0 saturated carbocycles. The fourth-order valence-corrected chi connectivity index (χ4v) is 0. The van der Waals surface area contributed by atoms with E-state index in [-0.39, 0.29) is 68.5 Å². The molecule has 5 nitrogen and oxygen atoms in total. The van der Waals surface area contributed by atoms with Gasteiger partial charge in [-0.2, -0.15) is 0 Å². The molecule has 44 valence electrons. The largest absolute Gasteiger partial charge is 2.00 e. The molecule has 0 amide bonds. The Kier molecular flexibility index (Phi) is 771. The second kappa shape index (κ2) is 206. The molecule has 9 heavy (non-hydrogen) atoms. The Bertz CT molecular complexity index is 59.3. The van der Waals surface area contributed by atoms with E-state index in [0.29, 0.717) is 0 Å². The van der Waals surface area contributed by atoms with Crippen LogP contribution < -0.4 is 51.4 Å². The Morgan fingerprint density at radius 3 is 1.22 bits per heavy atom. The van der Waals surface area contributed by atoms with E-state index in [1.165, 1.54) is 0 Å². The van der Waals surface area contributed by atoms with Crippen molar-refractivity contribution in [1.29, 1.82) is 10.5 Å². The van der Waals surface area contributed by atoms with Crippen LogP contribution in [0.15, 0.2) is 5.34 Å². The van der Waals surface area contributed by atoms with Crippen molar-refractivity contribution in [2.75, 3.05) is 0 Å². The summed E-state index contributed by atoms with van der Waals surface area (Å²) in [6, 6.07) is 0. The van der Waals surface area contributed by atoms with Gasteiger partial charge in [0, 0.05) is 0 Å². The van der Waals surface area contributed by atoms with Gasteiger partial charge in [-0.1, -0.05) is 0 Å². The van der Waals surface area contributed by atoms with Crippen LogP contribution >= 0.6 is 0 Å². The van der Waals surface area contributed by atoms with Gasteiger partial charge in [-0.3, -0.25) is 0 Å². The second-order valence-electron chi connectivity index (χ2n) is 0.0745. The molecular formula is C2FeKN3O2. The Balaban J connectivity index is -0.00000000825. The third-order valence-corrected chi connectivity index (χ3v) is 0.